The fourth-order valence-corrected chi connectivity index (χ4v) is 2.40. The summed E-state index contributed by atoms with van der Waals surface area (Å²) in [4.78, 5) is 14.3. The predicted molar refractivity (Wildman–Crippen MR) is 82.0 cm³/mol. The van der Waals surface area contributed by atoms with Crippen LogP contribution < -0.4 is 5.32 Å². The highest BCUT2D eigenvalue weighted by Crippen LogP contribution is 2.30. The van der Waals surface area contributed by atoms with Gasteiger partial charge in [0.25, 0.3) is 0 Å². The van der Waals surface area contributed by atoms with Gasteiger partial charge in [0.05, 0.1) is 9.40 Å². The standard InChI is InChI=1S/C14H14BrN3O2/c1-10-3-2-4-11(7-10)5-6-17-14-12(15)8-16-9-13(14)18(19)20/h2-4,7-9H,5-6H2,1H3,(H,16,17). The number of benzene rings is 1. The van der Waals surface area contributed by atoms with E-state index >= 15 is 0 Å². The molecule has 0 saturated heterocycles. The van der Waals surface area contributed by atoms with Crippen LogP contribution >= 0.6 is 15.9 Å². The Hall–Kier alpha value is -1.95. The summed E-state index contributed by atoms with van der Waals surface area (Å²) < 4.78 is 0.593. The minimum absolute atomic E-state index is 0.0244. The Labute approximate surface area is 125 Å². The molecule has 104 valence electrons. The van der Waals surface area contributed by atoms with Crippen molar-refractivity contribution in [1.29, 1.82) is 0 Å². The molecule has 0 aliphatic rings. The third kappa shape index (κ3) is 3.54. The Morgan fingerprint density at radius 3 is 2.90 bits per heavy atom. The lowest BCUT2D eigenvalue weighted by atomic mass is 10.1. The molecular formula is C14H14BrN3O2. The van der Waals surface area contributed by atoms with Crippen LogP contribution in [0.15, 0.2) is 41.1 Å². The van der Waals surface area contributed by atoms with E-state index in [9.17, 15) is 10.1 Å². The molecule has 1 aromatic carbocycles. The van der Waals surface area contributed by atoms with Gasteiger partial charge in [0, 0.05) is 12.7 Å². The largest absolute Gasteiger partial charge is 0.378 e. The number of pyridine rings is 1. The number of nitro groups is 1. The highest BCUT2D eigenvalue weighted by molar-refractivity contribution is 9.10. The van der Waals surface area contributed by atoms with Crippen molar-refractivity contribution in [3.8, 4) is 0 Å². The topological polar surface area (TPSA) is 68.1 Å². The molecule has 1 aromatic heterocycles. The van der Waals surface area contributed by atoms with Crippen LogP contribution in [0.2, 0.25) is 0 Å². The number of nitrogens with zero attached hydrogens (tertiary/aromatic N) is 2. The fourth-order valence-electron chi connectivity index (χ4n) is 1.94. The number of hydrogen-bond donors (Lipinski definition) is 1. The van der Waals surface area contributed by atoms with Gasteiger partial charge in [0.15, 0.2) is 0 Å². The zero-order chi connectivity index (χ0) is 14.5. The highest BCUT2D eigenvalue weighted by Gasteiger charge is 2.16. The van der Waals surface area contributed by atoms with Gasteiger partial charge in [-0.25, -0.2) is 0 Å². The van der Waals surface area contributed by atoms with E-state index in [1.165, 1.54) is 17.3 Å². The molecule has 6 heteroatoms. The van der Waals surface area contributed by atoms with E-state index in [2.05, 4.69) is 32.3 Å². The molecule has 0 atom stereocenters. The number of nitrogens with one attached hydrogen (secondary N) is 1. The predicted octanol–water partition coefficient (Wildman–Crippen LogP) is 3.72. The first-order chi connectivity index (χ1) is 9.58. The molecular weight excluding hydrogens is 322 g/mol. The second kappa shape index (κ2) is 6.47. The van der Waals surface area contributed by atoms with E-state index in [1.807, 2.05) is 25.1 Å². The van der Waals surface area contributed by atoms with Crippen LogP contribution in [-0.4, -0.2) is 16.5 Å². The van der Waals surface area contributed by atoms with Gasteiger partial charge in [-0.2, -0.15) is 0 Å². The number of aromatic nitrogens is 1. The van der Waals surface area contributed by atoms with Gasteiger partial charge in [-0.05, 0) is 34.8 Å². The molecule has 2 aromatic rings. The summed E-state index contributed by atoms with van der Waals surface area (Å²) in [6.07, 6.45) is 3.59. The molecule has 1 heterocycles. The Kier molecular flexibility index (Phi) is 4.68. The summed E-state index contributed by atoms with van der Waals surface area (Å²) in [6, 6.07) is 8.21. The van der Waals surface area contributed by atoms with Crippen LogP contribution in [0.25, 0.3) is 0 Å². The van der Waals surface area contributed by atoms with Gasteiger partial charge in [0.2, 0.25) is 0 Å². The maximum absolute atomic E-state index is 11.0. The van der Waals surface area contributed by atoms with Crippen molar-refractivity contribution in [2.45, 2.75) is 13.3 Å². The van der Waals surface area contributed by atoms with Crippen LogP contribution in [-0.2, 0) is 6.42 Å². The van der Waals surface area contributed by atoms with Crippen molar-refractivity contribution in [1.82, 2.24) is 4.98 Å². The summed E-state index contributed by atoms with van der Waals surface area (Å²) in [7, 11) is 0. The molecule has 0 saturated carbocycles. The van der Waals surface area contributed by atoms with E-state index in [1.54, 1.807) is 6.20 Å². The first kappa shape index (κ1) is 14.5. The molecule has 5 nitrogen and oxygen atoms in total. The summed E-state index contributed by atoms with van der Waals surface area (Å²) in [6.45, 7) is 2.66. The molecule has 0 amide bonds. The summed E-state index contributed by atoms with van der Waals surface area (Å²) >= 11 is 3.28. The second-order valence-electron chi connectivity index (χ2n) is 4.44. The number of anilines is 1. The zero-order valence-corrected chi connectivity index (χ0v) is 12.6. The van der Waals surface area contributed by atoms with Crippen molar-refractivity contribution >= 4 is 27.3 Å². The van der Waals surface area contributed by atoms with E-state index < -0.39 is 4.92 Å². The molecule has 0 aliphatic carbocycles. The van der Waals surface area contributed by atoms with Gasteiger partial charge >= 0.3 is 5.69 Å². The average Bonchev–Trinajstić information content (AvgIpc) is 2.40. The summed E-state index contributed by atoms with van der Waals surface area (Å²) in [5, 5.41) is 14.1. The molecule has 0 aliphatic heterocycles. The van der Waals surface area contributed by atoms with Gasteiger partial charge < -0.3 is 5.32 Å². The molecule has 1 N–H and O–H groups in total. The lowest BCUT2D eigenvalue weighted by Gasteiger charge is -2.09. The second-order valence-corrected chi connectivity index (χ2v) is 5.29. The maximum atomic E-state index is 11.0. The summed E-state index contributed by atoms with van der Waals surface area (Å²) in [5.41, 5.74) is 2.85. The third-order valence-electron chi connectivity index (χ3n) is 2.87. The van der Waals surface area contributed by atoms with Crippen LogP contribution in [0, 0.1) is 17.0 Å². The van der Waals surface area contributed by atoms with Crippen LogP contribution in [0.5, 0.6) is 0 Å². The van der Waals surface area contributed by atoms with Crippen molar-refractivity contribution in [3.05, 3.63) is 62.4 Å². The zero-order valence-electron chi connectivity index (χ0n) is 11.0. The average molecular weight is 336 g/mol. The van der Waals surface area contributed by atoms with E-state index in [0.717, 1.165) is 6.42 Å². The van der Waals surface area contributed by atoms with Crippen LogP contribution in [0.4, 0.5) is 11.4 Å². The minimum Gasteiger partial charge on any atom is -0.378 e. The van der Waals surface area contributed by atoms with Gasteiger partial charge in [-0.3, -0.25) is 15.1 Å². The van der Waals surface area contributed by atoms with E-state index in [4.69, 9.17) is 0 Å². The normalized spacial score (nSPS) is 10.3. The number of rotatable bonds is 5. The van der Waals surface area contributed by atoms with Crippen molar-refractivity contribution in [2.24, 2.45) is 0 Å². The highest BCUT2D eigenvalue weighted by atomic mass is 79.9. The smallest absolute Gasteiger partial charge is 0.311 e. The monoisotopic (exact) mass is 335 g/mol. The first-order valence-electron chi connectivity index (χ1n) is 6.15. The Morgan fingerprint density at radius 1 is 1.40 bits per heavy atom. The molecule has 0 unspecified atom stereocenters. The Morgan fingerprint density at radius 2 is 2.20 bits per heavy atom. The van der Waals surface area contributed by atoms with E-state index in [-0.39, 0.29) is 5.69 Å². The quantitative estimate of drug-likeness (QED) is 0.667. The molecule has 2 rings (SSSR count). The fraction of sp³-hybridized carbons (Fsp3) is 0.214. The molecule has 20 heavy (non-hydrogen) atoms. The molecule has 0 fully saturated rings. The maximum Gasteiger partial charge on any atom is 0.311 e. The first-order valence-corrected chi connectivity index (χ1v) is 6.94. The molecule has 0 radical (unpaired) electrons. The van der Waals surface area contributed by atoms with Crippen molar-refractivity contribution in [2.75, 3.05) is 11.9 Å². The summed E-state index contributed by atoms with van der Waals surface area (Å²) in [5.74, 6) is 0. The number of halogens is 1. The van der Waals surface area contributed by atoms with Crippen LogP contribution in [0.3, 0.4) is 0 Å². The lowest BCUT2D eigenvalue weighted by Crippen LogP contribution is -2.08. The minimum atomic E-state index is -0.438. The Balaban J connectivity index is 2.06. The van der Waals surface area contributed by atoms with Crippen molar-refractivity contribution in [3.63, 3.8) is 0 Å². The Bertz CT molecular complexity index is 632. The SMILES string of the molecule is Cc1cccc(CCNc2c(Br)cncc2[N+](=O)[O-])c1. The lowest BCUT2D eigenvalue weighted by molar-refractivity contribution is -0.384. The number of hydrogen-bond acceptors (Lipinski definition) is 4. The van der Waals surface area contributed by atoms with Gasteiger partial charge in [-0.1, -0.05) is 29.8 Å². The van der Waals surface area contributed by atoms with Gasteiger partial charge in [-0.15, -0.1) is 0 Å². The van der Waals surface area contributed by atoms with E-state index in [0.29, 0.717) is 16.7 Å². The van der Waals surface area contributed by atoms with Crippen molar-refractivity contribution < 1.29 is 4.92 Å². The molecule has 0 bridgehead atoms. The number of aryl methyl sites for hydroxylation is 1. The third-order valence-corrected chi connectivity index (χ3v) is 3.48. The molecule has 0 spiro atoms. The van der Waals surface area contributed by atoms with Gasteiger partial charge in [0.1, 0.15) is 11.9 Å². The van der Waals surface area contributed by atoms with Crippen LogP contribution in [0.1, 0.15) is 11.1 Å².